The van der Waals surface area contributed by atoms with Gasteiger partial charge in [-0.1, -0.05) is 0 Å². The third-order valence-electron chi connectivity index (χ3n) is 2.20. The first-order chi connectivity index (χ1) is 6.57. The van der Waals surface area contributed by atoms with Crippen molar-refractivity contribution in [3.63, 3.8) is 0 Å². The second-order valence-corrected chi connectivity index (χ2v) is 3.09. The monoisotopic (exact) mass is 199 g/mol. The van der Waals surface area contributed by atoms with Gasteiger partial charge in [-0.2, -0.15) is 0 Å². The number of likely N-dealkylation sites (tertiary alicyclic amines) is 1. The molecular formula is C8H13N3O3. The van der Waals surface area contributed by atoms with Crippen molar-refractivity contribution < 1.29 is 14.3 Å². The summed E-state index contributed by atoms with van der Waals surface area (Å²) in [5.74, 6) is -0.438. The maximum atomic E-state index is 11.3. The Bertz CT molecular complexity index is 277. The predicted octanol–water partition coefficient (Wildman–Crippen LogP) is 0.0699. The minimum atomic E-state index is -0.773. The number of piperidine rings is 1. The number of ether oxygens (including phenoxy) is 1. The number of urea groups is 1. The maximum Gasteiger partial charge on any atom is 0.329 e. The molecule has 6 heteroatoms. The first-order valence-electron chi connectivity index (χ1n) is 4.32. The number of amidine groups is 1. The standard InChI is InChI=1S/C8H13N3O3/c1-14-7(12)5-3-2-4-6(9)11(5)8(10)13/h5,9H,2-4H2,1H3,(H2,10,13). The first kappa shape index (κ1) is 10.5. The van der Waals surface area contributed by atoms with Crippen molar-refractivity contribution in [1.82, 2.24) is 4.90 Å². The van der Waals surface area contributed by atoms with Crippen LogP contribution in [0.5, 0.6) is 0 Å². The summed E-state index contributed by atoms with van der Waals surface area (Å²) in [7, 11) is 1.25. The second kappa shape index (κ2) is 4.08. The van der Waals surface area contributed by atoms with E-state index in [4.69, 9.17) is 11.1 Å². The lowest BCUT2D eigenvalue weighted by Crippen LogP contribution is -2.53. The van der Waals surface area contributed by atoms with Crippen LogP contribution in [-0.4, -0.2) is 35.9 Å². The average Bonchev–Trinajstić information content (AvgIpc) is 2.15. The van der Waals surface area contributed by atoms with Crippen LogP contribution in [0.25, 0.3) is 0 Å². The van der Waals surface area contributed by atoms with Crippen LogP contribution in [0.3, 0.4) is 0 Å². The third kappa shape index (κ3) is 1.84. The number of nitrogens with two attached hydrogens (primary N) is 1. The highest BCUT2D eigenvalue weighted by Gasteiger charge is 2.35. The van der Waals surface area contributed by atoms with E-state index < -0.39 is 18.0 Å². The quantitative estimate of drug-likeness (QED) is 0.585. The molecule has 1 fully saturated rings. The van der Waals surface area contributed by atoms with E-state index in [2.05, 4.69) is 4.74 Å². The normalized spacial score (nSPS) is 21.9. The Hall–Kier alpha value is -1.59. The smallest absolute Gasteiger partial charge is 0.329 e. The summed E-state index contributed by atoms with van der Waals surface area (Å²) in [6.45, 7) is 0. The summed E-state index contributed by atoms with van der Waals surface area (Å²) < 4.78 is 4.53. The molecule has 14 heavy (non-hydrogen) atoms. The molecule has 2 amide bonds. The van der Waals surface area contributed by atoms with Gasteiger partial charge in [-0.15, -0.1) is 0 Å². The number of hydrogen-bond acceptors (Lipinski definition) is 4. The summed E-state index contributed by atoms with van der Waals surface area (Å²) in [5, 5.41) is 7.49. The molecule has 0 spiro atoms. The Morgan fingerprint density at radius 1 is 1.64 bits per heavy atom. The van der Waals surface area contributed by atoms with Gasteiger partial charge in [0.05, 0.1) is 7.11 Å². The number of nitrogens with one attached hydrogen (secondary N) is 1. The molecule has 3 N–H and O–H groups in total. The molecule has 1 aliphatic rings. The number of methoxy groups -OCH3 is 1. The van der Waals surface area contributed by atoms with Gasteiger partial charge in [0.1, 0.15) is 11.9 Å². The molecule has 1 rings (SSSR count). The van der Waals surface area contributed by atoms with Gasteiger partial charge < -0.3 is 10.5 Å². The molecule has 0 bridgehead atoms. The fraction of sp³-hybridized carbons (Fsp3) is 0.625. The van der Waals surface area contributed by atoms with Gasteiger partial charge >= 0.3 is 12.0 Å². The highest BCUT2D eigenvalue weighted by Crippen LogP contribution is 2.18. The molecule has 6 nitrogen and oxygen atoms in total. The van der Waals surface area contributed by atoms with Crippen LogP contribution in [-0.2, 0) is 9.53 Å². The minimum absolute atomic E-state index is 0.0825. The number of carbonyl (C=O) groups is 2. The maximum absolute atomic E-state index is 11.3. The molecule has 0 aromatic rings. The van der Waals surface area contributed by atoms with E-state index in [1.807, 2.05) is 0 Å². The second-order valence-electron chi connectivity index (χ2n) is 3.09. The zero-order valence-corrected chi connectivity index (χ0v) is 7.95. The van der Waals surface area contributed by atoms with Crippen LogP contribution in [0.1, 0.15) is 19.3 Å². The lowest BCUT2D eigenvalue weighted by atomic mass is 10.0. The van der Waals surface area contributed by atoms with Crippen LogP contribution in [0, 0.1) is 5.41 Å². The van der Waals surface area contributed by atoms with Gasteiger partial charge in [0.15, 0.2) is 0 Å². The Balaban J connectivity index is 2.85. The summed E-state index contributed by atoms with van der Waals surface area (Å²) >= 11 is 0. The van der Waals surface area contributed by atoms with Crippen LogP contribution in [0.2, 0.25) is 0 Å². The zero-order valence-electron chi connectivity index (χ0n) is 7.95. The van der Waals surface area contributed by atoms with E-state index in [1.54, 1.807) is 0 Å². The molecule has 0 saturated carbocycles. The minimum Gasteiger partial charge on any atom is -0.467 e. The predicted molar refractivity (Wildman–Crippen MR) is 48.8 cm³/mol. The Kier molecular flexibility index (Phi) is 3.06. The fourth-order valence-corrected chi connectivity index (χ4v) is 1.55. The average molecular weight is 199 g/mol. The van der Waals surface area contributed by atoms with Crippen molar-refractivity contribution in [2.75, 3.05) is 7.11 Å². The third-order valence-corrected chi connectivity index (χ3v) is 2.20. The van der Waals surface area contributed by atoms with E-state index in [0.29, 0.717) is 19.3 Å². The topological polar surface area (TPSA) is 96.5 Å². The Morgan fingerprint density at radius 2 is 2.29 bits per heavy atom. The SMILES string of the molecule is COC(=O)C1CCCC(=N)N1C(N)=O. The summed E-state index contributed by atoms with van der Waals surface area (Å²) in [6, 6.07) is -1.50. The lowest BCUT2D eigenvalue weighted by molar-refractivity contribution is -0.145. The van der Waals surface area contributed by atoms with Crippen LogP contribution in [0.15, 0.2) is 0 Å². The molecule has 1 saturated heterocycles. The number of primary amides is 1. The first-order valence-corrected chi connectivity index (χ1v) is 4.32. The molecule has 78 valence electrons. The highest BCUT2D eigenvalue weighted by molar-refractivity contribution is 6.00. The molecule has 1 heterocycles. The van der Waals surface area contributed by atoms with Crippen molar-refractivity contribution in [1.29, 1.82) is 5.41 Å². The number of amides is 2. The van der Waals surface area contributed by atoms with Crippen molar-refractivity contribution in [2.24, 2.45) is 5.73 Å². The molecule has 0 aromatic heterocycles. The molecule has 0 aliphatic carbocycles. The van der Waals surface area contributed by atoms with Crippen molar-refractivity contribution >= 4 is 17.8 Å². The number of rotatable bonds is 1. The largest absolute Gasteiger partial charge is 0.467 e. The van der Waals surface area contributed by atoms with E-state index in [9.17, 15) is 9.59 Å². The van der Waals surface area contributed by atoms with Crippen LogP contribution in [0.4, 0.5) is 4.79 Å². The number of carbonyl (C=O) groups excluding carboxylic acids is 2. The molecule has 1 atom stereocenters. The summed E-state index contributed by atoms with van der Waals surface area (Å²) in [4.78, 5) is 23.2. The number of nitrogens with zero attached hydrogens (tertiary/aromatic N) is 1. The zero-order chi connectivity index (χ0) is 10.7. The summed E-state index contributed by atoms with van der Waals surface area (Å²) in [5.41, 5.74) is 5.08. The lowest BCUT2D eigenvalue weighted by Gasteiger charge is -2.32. The van der Waals surface area contributed by atoms with Crippen LogP contribution < -0.4 is 5.73 Å². The van der Waals surface area contributed by atoms with Gasteiger partial charge in [0.25, 0.3) is 0 Å². The molecule has 0 aromatic carbocycles. The van der Waals surface area contributed by atoms with E-state index >= 15 is 0 Å². The van der Waals surface area contributed by atoms with E-state index in [-0.39, 0.29) is 5.84 Å². The molecular weight excluding hydrogens is 186 g/mol. The Labute approximate surface area is 81.5 Å². The van der Waals surface area contributed by atoms with E-state index in [1.165, 1.54) is 7.11 Å². The Morgan fingerprint density at radius 3 is 2.79 bits per heavy atom. The van der Waals surface area contributed by atoms with Crippen molar-refractivity contribution in [3.05, 3.63) is 0 Å². The molecule has 1 unspecified atom stereocenters. The highest BCUT2D eigenvalue weighted by atomic mass is 16.5. The van der Waals surface area contributed by atoms with Crippen molar-refractivity contribution in [2.45, 2.75) is 25.3 Å². The molecule has 1 aliphatic heterocycles. The van der Waals surface area contributed by atoms with Gasteiger partial charge in [-0.25, -0.2) is 9.59 Å². The summed E-state index contributed by atoms with van der Waals surface area (Å²) in [6.07, 6.45) is 1.66. The van der Waals surface area contributed by atoms with Gasteiger partial charge in [0.2, 0.25) is 0 Å². The van der Waals surface area contributed by atoms with Crippen LogP contribution >= 0.6 is 0 Å². The van der Waals surface area contributed by atoms with Gasteiger partial charge in [0, 0.05) is 6.42 Å². The van der Waals surface area contributed by atoms with Gasteiger partial charge in [-0.3, -0.25) is 10.3 Å². The van der Waals surface area contributed by atoms with Gasteiger partial charge in [-0.05, 0) is 12.8 Å². The number of hydrogen-bond donors (Lipinski definition) is 2. The number of esters is 1. The molecule has 0 radical (unpaired) electrons. The van der Waals surface area contributed by atoms with Crippen molar-refractivity contribution in [3.8, 4) is 0 Å². The fourth-order valence-electron chi connectivity index (χ4n) is 1.55. The van der Waals surface area contributed by atoms with E-state index in [0.717, 1.165) is 4.90 Å².